The van der Waals surface area contributed by atoms with Gasteiger partial charge in [-0.25, -0.2) is 0 Å². The van der Waals surface area contributed by atoms with Crippen LogP contribution in [0.4, 0.5) is 0 Å². The Kier molecular flexibility index (Phi) is 3.87. The fraction of sp³-hybridized carbons (Fsp3) is 0.375. The lowest BCUT2D eigenvalue weighted by Gasteiger charge is -2.25. The molecule has 0 amide bonds. The molecule has 1 aromatic heterocycles. The molecule has 1 N–H and O–H groups in total. The smallest absolute Gasteiger partial charge is 0.120 e. The summed E-state index contributed by atoms with van der Waals surface area (Å²) >= 11 is 0. The Labute approximate surface area is 109 Å². The van der Waals surface area contributed by atoms with Crippen molar-refractivity contribution in [2.24, 2.45) is 0 Å². The SMILES string of the molecule is Cc1ccoc1CNCC(C)(C)c1ccccc1. The molecule has 1 aromatic carbocycles. The molecule has 0 aliphatic heterocycles. The van der Waals surface area contributed by atoms with Gasteiger partial charge in [0.1, 0.15) is 5.76 Å². The van der Waals surface area contributed by atoms with Crippen LogP contribution in [0.25, 0.3) is 0 Å². The van der Waals surface area contributed by atoms with E-state index in [1.807, 2.05) is 6.07 Å². The van der Waals surface area contributed by atoms with E-state index < -0.39 is 0 Å². The van der Waals surface area contributed by atoms with Gasteiger partial charge in [0, 0.05) is 12.0 Å². The van der Waals surface area contributed by atoms with Crippen molar-refractivity contribution in [1.29, 1.82) is 0 Å². The number of nitrogens with one attached hydrogen (secondary N) is 1. The molecule has 0 spiro atoms. The first-order chi connectivity index (χ1) is 8.59. The van der Waals surface area contributed by atoms with Gasteiger partial charge in [0.2, 0.25) is 0 Å². The van der Waals surface area contributed by atoms with Crippen LogP contribution in [0.2, 0.25) is 0 Å². The molecule has 0 unspecified atom stereocenters. The second-order valence-electron chi connectivity index (χ2n) is 5.38. The Balaban J connectivity index is 1.92. The van der Waals surface area contributed by atoms with Crippen LogP contribution in [0.15, 0.2) is 47.1 Å². The van der Waals surface area contributed by atoms with Gasteiger partial charge in [-0.3, -0.25) is 0 Å². The number of aryl methyl sites for hydroxylation is 1. The zero-order valence-electron chi connectivity index (χ0n) is 11.4. The lowest BCUT2D eigenvalue weighted by molar-refractivity contribution is 0.431. The highest BCUT2D eigenvalue weighted by molar-refractivity contribution is 5.24. The Bertz CT molecular complexity index is 485. The summed E-state index contributed by atoms with van der Waals surface area (Å²) in [6.45, 7) is 8.30. The van der Waals surface area contributed by atoms with Gasteiger partial charge < -0.3 is 9.73 Å². The van der Waals surface area contributed by atoms with Gasteiger partial charge in [0.05, 0.1) is 12.8 Å². The standard InChI is InChI=1S/C16H21NO/c1-13-9-10-18-15(13)11-17-12-16(2,3)14-7-5-4-6-8-14/h4-10,17H,11-12H2,1-3H3. The normalized spacial score (nSPS) is 11.7. The maximum atomic E-state index is 5.42. The molecule has 0 bridgehead atoms. The minimum absolute atomic E-state index is 0.127. The summed E-state index contributed by atoms with van der Waals surface area (Å²) in [5, 5.41) is 3.47. The van der Waals surface area contributed by atoms with Crippen molar-refractivity contribution in [1.82, 2.24) is 5.32 Å². The highest BCUT2D eigenvalue weighted by atomic mass is 16.3. The highest BCUT2D eigenvalue weighted by Gasteiger charge is 2.19. The van der Waals surface area contributed by atoms with Crippen LogP contribution in [0, 0.1) is 6.92 Å². The van der Waals surface area contributed by atoms with E-state index in [0.717, 1.165) is 18.8 Å². The van der Waals surface area contributed by atoms with Gasteiger partial charge in [-0.2, -0.15) is 0 Å². The maximum absolute atomic E-state index is 5.42. The van der Waals surface area contributed by atoms with Crippen molar-refractivity contribution < 1.29 is 4.42 Å². The van der Waals surface area contributed by atoms with Crippen molar-refractivity contribution in [2.75, 3.05) is 6.54 Å². The summed E-state index contributed by atoms with van der Waals surface area (Å²) in [6, 6.07) is 12.6. The van der Waals surface area contributed by atoms with Crippen molar-refractivity contribution in [3.63, 3.8) is 0 Å². The number of hydrogen-bond donors (Lipinski definition) is 1. The first-order valence-corrected chi connectivity index (χ1v) is 6.39. The average molecular weight is 243 g/mol. The van der Waals surface area contributed by atoms with E-state index in [4.69, 9.17) is 4.42 Å². The molecule has 0 aliphatic rings. The van der Waals surface area contributed by atoms with Gasteiger partial charge in [0.25, 0.3) is 0 Å². The van der Waals surface area contributed by atoms with E-state index in [0.29, 0.717) is 0 Å². The molecule has 2 aromatic rings. The third-order valence-corrected chi connectivity index (χ3v) is 3.38. The second-order valence-corrected chi connectivity index (χ2v) is 5.38. The molecule has 1 heterocycles. The molecule has 96 valence electrons. The molecule has 0 saturated carbocycles. The van der Waals surface area contributed by atoms with Crippen LogP contribution < -0.4 is 5.32 Å². The number of furan rings is 1. The number of hydrogen-bond acceptors (Lipinski definition) is 2. The van der Waals surface area contributed by atoms with E-state index in [9.17, 15) is 0 Å². The molecule has 0 fully saturated rings. The van der Waals surface area contributed by atoms with E-state index in [1.165, 1.54) is 11.1 Å². The molecule has 2 nitrogen and oxygen atoms in total. The third kappa shape index (κ3) is 3.02. The summed E-state index contributed by atoms with van der Waals surface area (Å²) in [4.78, 5) is 0. The Morgan fingerprint density at radius 3 is 2.44 bits per heavy atom. The number of benzene rings is 1. The summed E-state index contributed by atoms with van der Waals surface area (Å²) in [5.74, 6) is 1.03. The van der Waals surface area contributed by atoms with E-state index in [2.05, 4.69) is 56.4 Å². The summed E-state index contributed by atoms with van der Waals surface area (Å²) in [5.41, 5.74) is 2.69. The van der Waals surface area contributed by atoms with E-state index in [1.54, 1.807) is 6.26 Å². The van der Waals surface area contributed by atoms with Crippen LogP contribution >= 0.6 is 0 Å². The highest BCUT2D eigenvalue weighted by Crippen LogP contribution is 2.22. The van der Waals surface area contributed by atoms with Crippen molar-refractivity contribution in [2.45, 2.75) is 32.7 Å². The fourth-order valence-corrected chi connectivity index (χ4v) is 2.07. The van der Waals surface area contributed by atoms with E-state index in [-0.39, 0.29) is 5.41 Å². The largest absolute Gasteiger partial charge is 0.468 e. The first kappa shape index (κ1) is 12.9. The average Bonchev–Trinajstić information content (AvgIpc) is 2.76. The van der Waals surface area contributed by atoms with Gasteiger partial charge in [-0.15, -0.1) is 0 Å². The van der Waals surface area contributed by atoms with Gasteiger partial charge in [0.15, 0.2) is 0 Å². The van der Waals surface area contributed by atoms with Crippen molar-refractivity contribution in [3.05, 3.63) is 59.5 Å². The zero-order chi connectivity index (χ0) is 13.0. The Morgan fingerprint density at radius 1 is 1.11 bits per heavy atom. The van der Waals surface area contributed by atoms with Crippen molar-refractivity contribution in [3.8, 4) is 0 Å². The predicted octanol–water partition coefficient (Wildman–Crippen LogP) is 3.66. The quantitative estimate of drug-likeness (QED) is 0.867. The minimum atomic E-state index is 0.127. The lowest BCUT2D eigenvalue weighted by Crippen LogP contribution is -2.32. The molecule has 0 atom stereocenters. The molecule has 18 heavy (non-hydrogen) atoms. The molecule has 0 radical (unpaired) electrons. The van der Waals surface area contributed by atoms with Crippen LogP contribution in [-0.4, -0.2) is 6.54 Å². The first-order valence-electron chi connectivity index (χ1n) is 6.39. The molecular weight excluding hydrogens is 222 g/mol. The summed E-state index contributed by atoms with van der Waals surface area (Å²) in [6.07, 6.45) is 1.74. The van der Waals surface area contributed by atoms with Gasteiger partial charge >= 0.3 is 0 Å². The molecule has 2 heteroatoms. The van der Waals surface area contributed by atoms with Gasteiger partial charge in [-0.05, 0) is 24.1 Å². The topological polar surface area (TPSA) is 25.2 Å². The van der Waals surface area contributed by atoms with Crippen LogP contribution in [-0.2, 0) is 12.0 Å². The molecule has 2 rings (SSSR count). The Hall–Kier alpha value is -1.54. The zero-order valence-corrected chi connectivity index (χ0v) is 11.4. The third-order valence-electron chi connectivity index (χ3n) is 3.38. The number of rotatable bonds is 5. The minimum Gasteiger partial charge on any atom is -0.468 e. The lowest BCUT2D eigenvalue weighted by atomic mass is 9.84. The van der Waals surface area contributed by atoms with Crippen LogP contribution in [0.5, 0.6) is 0 Å². The van der Waals surface area contributed by atoms with Gasteiger partial charge in [-0.1, -0.05) is 44.2 Å². The van der Waals surface area contributed by atoms with E-state index >= 15 is 0 Å². The summed E-state index contributed by atoms with van der Waals surface area (Å²) < 4.78 is 5.42. The predicted molar refractivity (Wildman–Crippen MR) is 74.6 cm³/mol. The fourth-order valence-electron chi connectivity index (χ4n) is 2.07. The maximum Gasteiger partial charge on any atom is 0.120 e. The van der Waals surface area contributed by atoms with Crippen LogP contribution in [0.1, 0.15) is 30.7 Å². The monoisotopic (exact) mass is 243 g/mol. The molecular formula is C16H21NO. The Morgan fingerprint density at radius 2 is 1.83 bits per heavy atom. The molecule has 0 saturated heterocycles. The second kappa shape index (κ2) is 5.40. The van der Waals surface area contributed by atoms with Crippen LogP contribution in [0.3, 0.4) is 0 Å². The van der Waals surface area contributed by atoms with Crippen molar-refractivity contribution >= 4 is 0 Å². The summed E-state index contributed by atoms with van der Waals surface area (Å²) in [7, 11) is 0. The molecule has 0 aliphatic carbocycles.